The summed E-state index contributed by atoms with van der Waals surface area (Å²) in [6.07, 6.45) is 0. The first-order valence-corrected chi connectivity index (χ1v) is 8.40. The fourth-order valence-electron chi connectivity index (χ4n) is 2.64. The van der Waals surface area contributed by atoms with Gasteiger partial charge < -0.3 is 14.8 Å². The molecule has 0 fully saturated rings. The molecule has 0 heterocycles. The summed E-state index contributed by atoms with van der Waals surface area (Å²) in [6, 6.07) is 9.49. The van der Waals surface area contributed by atoms with Crippen LogP contribution in [-0.4, -0.2) is 26.2 Å². The van der Waals surface area contributed by atoms with Crippen molar-refractivity contribution in [1.82, 2.24) is 5.32 Å². The van der Waals surface area contributed by atoms with Crippen molar-refractivity contribution in [3.05, 3.63) is 53.3 Å². The first-order chi connectivity index (χ1) is 12.3. The standard InChI is InChI=1S/C20H25FN2O3/c1-12-6-7-15(10-18(12)21)23-20(24)14(3)22-13(2)17-11-16(25-4)8-9-19(17)26-5/h6-11,13-14,22H,1-5H3,(H,23,24). The van der Waals surface area contributed by atoms with E-state index in [4.69, 9.17) is 9.47 Å². The second kappa shape index (κ2) is 8.67. The van der Waals surface area contributed by atoms with Crippen LogP contribution in [0.5, 0.6) is 11.5 Å². The lowest BCUT2D eigenvalue weighted by molar-refractivity contribution is -0.117. The van der Waals surface area contributed by atoms with Gasteiger partial charge in [-0.15, -0.1) is 0 Å². The smallest absolute Gasteiger partial charge is 0.241 e. The van der Waals surface area contributed by atoms with E-state index in [0.29, 0.717) is 22.7 Å². The van der Waals surface area contributed by atoms with Crippen LogP contribution in [0.2, 0.25) is 0 Å². The van der Waals surface area contributed by atoms with E-state index in [0.717, 1.165) is 5.56 Å². The number of benzene rings is 2. The predicted octanol–water partition coefficient (Wildman–Crippen LogP) is 3.83. The van der Waals surface area contributed by atoms with Crippen molar-refractivity contribution in [1.29, 1.82) is 0 Å². The van der Waals surface area contributed by atoms with Gasteiger partial charge in [-0.2, -0.15) is 0 Å². The van der Waals surface area contributed by atoms with Gasteiger partial charge in [-0.25, -0.2) is 4.39 Å². The van der Waals surface area contributed by atoms with Gasteiger partial charge in [0.15, 0.2) is 0 Å². The van der Waals surface area contributed by atoms with E-state index in [1.165, 1.54) is 6.07 Å². The van der Waals surface area contributed by atoms with Crippen LogP contribution < -0.4 is 20.1 Å². The van der Waals surface area contributed by atoms with Gasteiger partial charge in [0.25, 0.3) is 0 Å². The molecular weight excluding hydrogens is 335 g/mol. The largest absolute Gasteiger partial charge is 0.497 e. The third-order valence-electron chi connectivity index (χ3n) is 4.24. The molecule has 0 saturated heterocycles. The van der Waals surface area contributed by atoms with Crippen LogP contribution in [0.25, 0.3) is 0 Å². The number of amides is 1. The number of rotatable bonds is 7. The van der Waals surface area contributed by atoms with E-state index in [1.807, 2.05) is 25.1 Å². The summed E-state index contributed by atoms with van der Waals surface area (Å²) >= 11 is 0. The van der Waals surface area contributed by atoms with Gasteiger partial charge in [0.05, 0.1) is 20.3 Å². The van der Waals surface area contributed by atoms with Gasteiger partial charge in [-0.3, -0.25) is 10.1 Å². The first kappa shape index (κ1) is 19.7. The quantitative estimate of drug-likeness (QED) is 0.788. The summed E-state index contributed by atoms with van der Waals surface area (Å²) in [7, 11) is 3.20. The maximum atomic E-state index is 13.6. The molecule has 0 radical (unpaired) electrons. The minimum Gasteiger partial charge on any atom is -0.497 e. The van der Waals surface area contributed by atoms with Crippen molar-refractivity contribution in [3.8, 4) is 11.5 Å². The molecule has 0 aliphatic carbocycles. The molecule has 2 unspecified atom stereocenters. The number of methoxy groups -OCH3 is 2. The number of ether oxygens (including phenoxy) is 2. The second-order valence-electron chi connectivity index (χ2n) is 6.17. The van der Waals surface area contributed by atoms with Gasteiger partial charge in [0.1, 0.15) is 17.3 Å². The summed E-state index contributed by atoms with van der Waals surface area (Å²) in [4.78, 5) is 12.4. The van der Waals surface area contributed by atoms with Crippen molar-refractivity contribution in [2.75, 3.05) is 19.5 Å². The highest BCUT2D eigenvalue weighted by molar-refractivity contribution is 5.94. The van der Waals surface area contributed by atoms with Gasteiger partial charge in [0, 0.05) is 17.3 Å². The molecule has 0 aliphatic rings. The zero-order valence-corrected chi connectivity index (χ0v) is 15.7. The average molecular weight is 360 g/mol. The molecule has 5 nitrogen and oxygen atoms in total. The molecule has 6 heteroatoms. The van der Waals surface area contributed by atoms with E-state index >= 15 is 0 Å². The Morgan fingerprint density at radius 2 is 1.81 bits per heavy atom. The Morgan fingerprint density at radius 3 is 2.42 bits per heavy atom. The van der Waals surface area contributed by atoms with Gasteiger partial charge in [-0.1, -0.05) is 6.07 Å². The number of anilines is 1. The van der Waals surface area contributed by atoms with Gasteiger partial charge >= 0.3 is 0 Å². The molecule has 0 aromatic heterocycles. The van der Waals surface area contributed by atoms with E-state index < -0.39 is 6.04 Å². The first-order valence-electron chi connectivity index (χ1n) is 8.40. The molecule has 2 atom stereocenters. The summed E-state index contributed by atoms with van der Waals surface area (Å²) in [6.45, 7) is 5.37. The molecule has 26 heavy (non-hydrogen) atoms. The Morgan fingerprint density at radius 1 is 1.08 bits per heavy atom. The molecule has 2 N–H and O–H groups in total. The molecule has 2 aromatic rings. The van der Waals surface area contributed by atoms with Crippen LogP contribution in [0.3, 0.4) is 0 Å². The van der Waals surface area contributed by atoms with Crippen LogP contribution >= 0.6 is 0 Å². The van der Waals surface area contributed by atoms with Gasteiger partial charge in [-0.05, 0) is 56.7 Å². The fraction of sp³-hybridized carbons (Fsp3) is 0.350. The van der Waals surface area contributed by atoms with Crippen LogP contribution in [0, 0.1) is 12.7 Å². The number of halogens is 1. The van der Waals surface area contributed by atoms with Crippen LogP contribution in [0.4, 0.5) is 10.1 Å². The topological polar surface area (TPSA) is 59.6 Å². The Hall–Kier alpha value is -2.60. The zero-order chi connectivity index (χ0) is 19.3. The van der Waals surface area contributed by atoms with E-state index in [-0.39, 0.29) is 17.8 Å². The molecule has 140 valence electrons. The average Bonchev–Trinajstić information content (AvgIpc) is 2.63. The van der Waals surface area contributed by atoms with Crippen LogP contribution in [-0.2, 0) is 4.79 Å². The van der Waals surface area contributed by atoms with Crippen molar-refractivity contribution >= 4 is 11.6 Å². The number of aryl methyl sites for hydroxylation is 1. The number of hydrogen-bond acceptors (Lipinski definition) is 4. The number of carbonyl (C=O) groups excluding carboxylic acids is 1. The minimum atomic E-state index is -0.495. The van der Waals surface area contributed by atoms with E-state index in [1.54, 1.807) is 40.2 Å². The highest BCUT2D eigenvalue weighted by Gasteiger charge is 2.19. The number of carbonyl (C=O) groups is 1. The third-order valence-corrected chi connectivity index (χ3v) is 4.24. The summed E-state index contributed by atoms with van der Waals surface area (Å²) in [5.74, 6) is 0.820. The van der Waals surface area contributed by atoms with Crippen LogP contribution in [0.1, 0.15) is 31.0 Å². The predicted molar refractivity (Wildman–Crippen MR) is 100 cm³/mol. The van der Waals surface area contributed by atoms with Crippen LogP contribution in [0.15, 0.2) is 36.4 Å². The molecule has 0 spiro atoms. The lowest BCUT2D eigenvalue weighted by Crippen LogP contribution is -2.39. The number of nitrogens with one attached hydrogen (secondary N) is 2. The highest BCUT2D eigenvalue weighted by atomic mass is 19.1. The zero-order valence-electron chi connectivity index (χ0n) is 15.7. The second-order valence-corrected chi connectivity index (χ2v) is 6.17. The van der Waals surface area contributed by atoms with Gasteiger partial charge in [0.2, 0.25) is 5.91 Å². The van der Waals surface area contributed by atoms with E-state index in [2.05, 4.69) is 10.6 Å². The monoisotopic (exact) mass is 360 g/mol. The minimum absolute atomic E-state index is 0.157. The summed E-state index contributed by atoms with van der Waals surface area (Å²) in [5, 5.41) is 5.95. The van der Waals surface area contributed by atoms with Crippen molar-refractivity contribution in [2.24, 2.45) is 0 Å². The Bertz CT molecular complexity index is 780. The third kappa shape index (κ3) is 4.73. The molecule has 2 aromatic carbocycles. The SMILES string of the molecule is COc1ccc(OC)c(C(C)NC(C)C(=O)Nc2ccc(C)c(F)c2)c1. The normalized spacial score (nSPS) is 13.0. The lowest BCUT2D eigenvalue weighted by Gasteiger charge is -2.22. The van der Waals surface area contributed by atoms with Crippen molar-refractivity contribution in [2.45, 2.75) is 32.9 Å². The fourth-order valence-corrected chi connectivity index (χ4v) is 2.64. The molecule has 2 rings (SSSR count). The number of hydrogen-bond donors (Lipinski definition) is 2. The summed E-state index contributed by atoms with van der Waals surface area (Å²) < 4.78 is 24.3. The van der Waals surface area contributed by atoms with E-state index in [9.17, 15) is 9.18 Å². The Balaban J connectivity index is 2.07. The van der Waals surface area contributed by atoms with Crippen molar-refractivity contribution in [3.63, 3.8) is 0 Å². The lowest BCUT2D eigenvalue weighted by atomic mass is 10.1. The molecule has 0 saturated carbocycles. The molecular formula is C20H25FN2O3. The molecule has 0 aliphatic heterocycles. The summed E-state index contributed by atoms with van der Waals surface area (Å²) in [5.41, 5.74) is 1.85. The maximum Gasteiger partial charge on any atom is 0.241 e. The molecule has 1 amide bonds. The maximum absolute atomic E-state index is 13.6. The van der Waals surface area contributed by atoms with Crippen molar-refractivity contribution < 1.29 is 18.7 Å². The Kier molecular flexibility index (Phi) is 6.58. The highest BCUT2D eigenvalue weighted by Crippen LogP contribution is 2.29. The Labute approximate surface area is 153 Å². The molecule has 0 bridgehead atoms.